The number of nitrogens with zero attached hydrogens (tertiary/aromatic N) is 7. The molecule has 0 radical (unpaired) electrons. The number of para-hydroxylation sites is 1. The highest BCUT2D eigenvalue weighted by molar-refractivity contribution is 5.91. The number of hydroxylamine groups is 2. The lowest BCUT2D eigenvalue weighted by atomic mass is 10.0. The molecular weight excluding hydrogens is 529 g/mol. The van der Waals surface area contributed by atoms with Crippen LogP contribution < -0.4 is 15.5 Å². The van der Waals surface area contributed by atoms with Gasteiger partial charge in [0.15, 0.2) is 0 Å². The van der Waals surface area contributed by atoms with Gasteiger partial charge in [0.2, 0.25) is 11.9 Å². The fourth-order valence-electron chi connectivity index (χ4n) is 4.60. The van der Waals surface area contributed by atoms with E-state index in [9.17, 15) is 9.18 Å². The smallest absolute Gasteiger partial charge is 0.320 e. The Morgan fingerprint density at radius 3 is 2.61 bits per heavy atom. The summed E-state index contributed by atoms with van der Waals surface area (Å²) in [6, 6.07) is 11.5. The summed E-state index contributed by atoms with van der Waals surface area (Å²) in [4.78, 5) is 33.8. The Morgan fingerprint density at radius 2 is 1.93 bits per heavy atom. The molecule has 12 nitrogen and oxygen atoms in total. The number of benzene rings is 1. The van der Waals surface area contributed by atoms with Crippen molar-refractivity contribution in [1.29, 1.82) is 0 Å². The minimum Gasteiger partial charge on any atom is -0.383 e. The number of carbonyl (C=O) groups is 1. The van der Waals surface area contributed by atoms with Crippen LogP contribution in [0, 0.1) is 12.9 Å². The van der Waals surface area contributed by atoms with Gasteiger partial charge in [-0.3, -0.25) is 10.2 Å². The van der Waals surface area contributed by atoms with Crippen molar-refractivity contribution in [1.82, 2.24) is 35.1 Å². The summed E-state index contributed by atoms with van der Waals surface area (Å²) in [5, 5.41) is 12.5. The molecule has 0 spiro atoms. The standard InChI is InChI=1S/C28H32FN9O3/c1-18-24(20-15-31-27(32-16-20)36(2)3)35-38(21-8-6-5-7-9-21)26(18)34-28(39)33-22-17-37(12-13-40-4)41-25(22)19-10-11-30-23(29)14-19/h5-11,14-16,22,25H,12-13,17H2,1-4H3,(H2,33,34,39)/t22-,25+/m1/s1. The van der Waals surface area contributed by atoms with Crippen molar-refractivity contribution in [2.45, 2.75) is 19.1 Å². The average molecular weight is 562 g/mol. The van der Waals surface area contributed by atoms with Gasteiger partial charge in [-0.05, 0) is 36.8 Å². The van der Waals surface area contributed by atoms with Crippen LogP contribution in [0.1, 0.15) is 17.2 Å². The lowest BCUT2D eigenvalue weighted by Gasteiger charge is -2.19. The quantitative estimate of drug-likeness (QED) is 0.296. The highest BCUT2D eigenvalue weighted by Crippen LogP contribution is 2.32. The number of halogens is 1. The van der Waals surface area contributed by atoms with Gasteiger partial charge in [-0.25, -0.2) is 24.4 Å². The lowest BCUT2D eigenvalue weighted by Crippen LogP contribution is -2.42. The predicted octanol–water partition coefficient (Wildman–Crippen LogP) is 3.36. The van der Waals surface area contributed by atoms with E-state index < -0.39 is 24.1 Å². The van der Waals surface area contributed by atoms with Crippen molar-refractivity contribution in [2.24, 2.45) is 0 Å². The maximum absolute atomic E-state index is 13.9. The SMILES string of the molecule is COCCN1C[C@@H](NC(=O)Nc2c(C)c(-c3cnc(N(C)C)nc3)nn2-c2ccccc2)[C@H](c2ccnc(F)c2)O1. The van der Waals surface area contributed by atoms with Crippen LogP contribution in [0.5, 0.6) is 0 Å². The number of ether oxygens (including phenoxy) is 1. The Balaban J connectivity index is 1.42. The molecule has 41 heavy (non-hydrogen) atoms. The highest BCUT2D eigenvalue weighted by Gasteiger charge is 2.37. The maximum Gasteiger partial charge on any atom is 0.320 e. The Morgan fingerprint density at radius 1 is 1.17 bits per heavy atom. The number of nitrogens with one attached hydrogen (secondary N) is 2. The van der Waals surface area contributed by atoms with E-state index in [1.54, 1.807) is 35.3 Å². The van der Waals surface area contributed by atoms with Crippen LogP contribution in [-0.2, 0) is 9.57 Å². The average Bonchev–Trinajstić information content (AvgIpc) is 3.52. The van der Waals surface area contributed by atoms with Crippen LogP contribution >= 0.6 is 0 Å². The number of carbonyl (C=O) groups excluding carboxylic acids is 1. The van der Waals surface area contributed by atoms with Crippen molar-refractivity contribution >= 4 is 17.8 Å². The molecule has 1 saturated heterocycles. The monoisotopic (exact) mass is 561 g/mol. The summed E-state index contributed by atoms with van der Waals surface area (Å²) < 4.78 is 20.8. The zero-order chi connectivity index (χ0) is 28.9. The Kier molecular flexibility index (Phi) is 8.47. The largest absolute Gasteiger partial charge is 0.383 e. The highest BCUT2D eigenvalue weighted by atomic mass is 19.1. The van der Waals surface area contributed by atoms with Crippen LogP contribution in [0.25, 0.3) is 16.9 Å². The number of anilines is 2. The molecule has 2 amide bonds. The van der Waals surface area contributed by atoms with E-state index in [-0.39, 0.29) is 0 Å². The molecule has 3 aromatic heterocycles. The first-order valence-electron chi connectivity index (χ1n) is 13.1. The molecule has 5 rings (SSSR count). The Labute approximate surface area is 237 Å². The fraction of sp³-hybridized carbons (Fsp3) is 0.321. The van der Waals surface area contributed by atoms with E-state index in [4.69, 9.17) is 14.7 Å². The van der Waals surface area contributed by atoms with Gasteiger partial charge in [-0.15, -0.1) is 0 Å². The van der Waals surface area contributed by atoms with Gasteiger partial charge < -0.3 is 15.0 Å². The van der Waals surface area contributed by atoms with Crippen molar-refractivity contribution < 1.29 is 18.8 Å². The van der Waals surface area contributed by atoms with Gasteiger partial charge >= 0.3 is 6.03 Å². The van der Waals surface area contributed by atoms with E-state index in [1.807, 2.05) is 56.3 Å². The molecule has 214 valence electrons. The van der Waals surface area contributed by atoms with Gasteiger partial charge in [-0.1, -0.05) is 18.2 Å². The van der Waals surface area contributed by atoms with E-state index in [0.717, 1.165) is 11.3 Å². The van der Waals surface area contributed by atoms with Gasteiger partial charge in [0.05, 0.1) is 18.3 Å². The number of hydrogen-bond acceptors (Lipinski definition) is 9. The van der Waals surface area contributed by atoms with Crippen molar-refractivity contribution in [3.8, 4) is 16.9 Å². The number of hydrogen-bond donors (Lipinski definition) is 2. The minimum atomic E-state index is -0.623. The molecule has 0 unspecified atom stereocenters. The molecule has 4 aromatic rings. The zero-order valence-corrected chi connectivity index (χ0v) is 23.3. The Hall–Kier alpha value is -4.46. The second-order valence-electron chi connectivity index (χ2n) is 9.76. The molecule has 1 aliphatic rings. The van der Waals surface area contributed by atoms with E-state index in [1.165, 1.54) is 12.3 Å². The molecule has 2 N–H and O–H groups in total. The molecule has 0 saturated carbocycles. The van der Waals surface area contributed by atoms with Crippen LogP contribution in [0.15, 0.2) is 61.1 Å². The first kappa shape index (κ1) is 28.1. The second kappa shape index (κ2) is 12.4. The van der Waals surface area contributed by atoms with Crippen molar-refractivity contribution in [3.05, 3.63) is 78.1 Å². The molecular formula is C28H32FN9O3. The van der Waals surface area contributed by atoms with Gasteiger partial charge in [-0.2, -0.15) is 14.6 Å². The summed E-state index contributed by atoms with van der Waals surface area (Å²) in [7, 11) is 5.34. The number of amides is 2. The predicted molar refractivity (Wildman–Crippen MR) is 151 cm³/mol. The molecule has 0 bridgehead atoms. The lowest BCUT2D eigenvalue weighted by molar-refractivity contribution is -0.154. The van der Waals surface area contributed by atoms with E-state index in [0.29, 0.717) is 48.3 Å². The summed E-state index contributed by atoms with van der Waals surface area (Å²) in [6.45, 7) is 3.18. The van der Waals surface area contributed by atoms with Crippen molar-refractivity contribution in [2.75, 3.05) is 51.1 Å². The third-order valence-electron chi connectivity index (χ3n) is 6.64. The second-order valence-corrected chi connectivity index (χ2v) is 9.76. The van der Waals surface area contributed by atoms with Crippen LogP contribution in [0.4, 0.5) is 21.0 Å². The zero-order valence-electron chi connectivity index (χ0n) is 23.3. The number of methoxy groups -OCH3 is 1. The van der Waals surface area contributed by atoms with Crippen LogP contribution in [-0.4, -0.2) is 82.8 Å². The molecule has 1 aliphatic heterocycles. The van der Waals surface area contributed by atoms with Crippen LogP contribution in [0.3, 0.4) is 0 Å². The molecule has 0 aliphatic carbocycles. The maximum atomic E-state index is 13.9. The molecule has 1 aromatic carbocycles. The summed E-state index contributed by atoms with van der Waals surface area (Å²) in [6.07, 6.45) is 4.18. The van der Waals surface area contributed by atoms with Gasteiger partial charge in [0, 0.05) is 64.0 Å². The third-order valence-corrected chi connectivity index (χ3v) is 6.64. The fourth-order valence-corrected chi connectivity index (χ4v) is 4.60. The molecule has 1 fully saturated rings. The summed E-state index contributed by atoms with van der Waals surface area (Å²) in [5.41, 5.74) is 3.42. The van der Waals surface area contributed by atoms with E-state index in [2.05, 4.69) is 25.6 Å². The Bertz CT molecular complexity index is 1480. The first-order chi connectivity index (χ1) is 19.8. The first-order valence-corrected chi connectivity index (χ1v) is 13.1. The third kappa shape index (κ3) is 6.32. The topological polar surface area (TPSA) is 123 Å². The summed E-state index contributed by atoms with van der Waals surface area (Å²) >= 11 is 0. The summed E-state index contributed by atoms with van der Waals surface area (Å²) in [5.74, 6) is 0.442. The molecule has 2 atom stereocenters. The normalized spacial score (nSPS) is 17.0. The number of aromatic nitrogens is 5. The number of urea groups is 1. The van der Waals surface area contributed by atoms with Gasteiger partial charge in [0.25, 0.3) is 0 Å². The van der Waals surface area contributed by atoms with Crippen LogP contribution in [0.2, 0.25) is 0 Å². The molecule has 13 heteroatoms. The minimum absolute atomic E-state index is 0.378. The van der Waals surface area contributed by atoms with Crippen molar-refractivity contribution in [3.63, 3.8) is 0 Å². The number of pyridine rings is 1. The van der Waals surface area contributed by atoms with Gasteiger partial charge in [0.1, 0.15) is 17.6 Å². The van der Waals surface area contributed by atoms with E-state index >= 15 is 0 Å². The number of rotatable bonds is 9. The molecule has 4 heterocycles.